The molecule has 3 heterocycles. The largest absolute Gasteiger partial charge is 1.00 e. The summed E-state index contributed by atoms with van der Waals surface area (Å²) in [6.45, 7) is -0.0762. The molecule has 1 amide bonds. The molecule has 0 aliphatic heterocycles. The zero-order chi connectivity index (χ0) is 26.5. The minimum absolute atomic E-state index is 0. The number of anilines is 3. The number of hydrogen-bond acceptors (Lipinski definition) is 8. The molecule has 0 radical (unpaired) electrons. The smallest absolute Gasteiger partial charge is 0.548 e. The van der Waals surface area contributed by atoms with E-state index in [1.807, 2.05) is 42.5 Å². The van der Waals surface area contributed by atoms with Crippen LogP contribution >= 0.6 is 0 Å². The number of pyridine rings is 1. The second-order valence-electron chi connectivity index (χ2n) is 8.48. The Morgan fingerprint density at radius 1 is 0.974 bits per heavy atom. The molecular weight excluding hydrogens is 521 g/mol. The summed E-state index contributed by atoms with van der Waals surface area (Å²) in [5.41, 5.74) is 3.32. The van der Waals surface area contributed by atoms with Gasteiger partial charge in [0, 0.05) is 41.6 Å². The van der Waals surface area contributed by atoms with Crippen LogP contribution in [0.4, 0.5) is 17.5 Å². The van der Waals surface area contributed by atoms with Crippen molar-refractivity contribution in [3.8, 4) is 11.4 Å². The van der Waals surface area contributed by atoms with Gasteiger partial charge in [-0.3, -0.25) is 4.79 Å². The van der Waals surface area contributed by atoms with Crippen LogP contribution in [-0.4, -0.2) is 51.4 Å². The SMILES string of the molecule is CNc1nccc(-c2cc3cc(C(=O)N[C@@H](CN(c4ccccc4)c4ccccn4)C(=O)[O-])ccc3[nH]2)n1.[K+]. The Kier molecular flexibility index (Phi) is 9.43. The molecule has 0 bridgehead atoms. The Labute approximate surface area is 267 Å². The van der Waals surface area contributed by atoms with Gasteiger partial charge < -0.3 is 30.4 Å². The fraction of sp³-hybridized carbons (Fsp3) is 0.107. The molecule has 2 aromatic carbocycles. The van der Waals surface area contributed by atoms with E-state index in [2.05, 4.69) is 30.6 Å². The van der Waals surface area contributed by atoms with Crippen LogP contribution in [0.15, 0.2) is 91.3 Å². The molecule has 0 saturated heterocycles. The number of amides is 1. The molecule has 0 unspecified atom stereocenters. The summed E-state index contributed by atoms with van der Waals surface area (Å²) in [5, 5.41) is 18.4. The number of para-hydroxylation sites is 1. The van der Waals surface area contributed by atoms with Crippen LogP contribution in [0.25, 0.3) is 22.3 Å². The van der Waals surface area contributed by atoms with Gasteiger partial charge in [0.25, 0.3) is 5.91 Å². The van der Waals surface area contributed by atoms with Gasteiger partial charge in [-0.25, -0.2) is 15.0 Å². The first-order valence-electron chi connectivity index (χ1n) is 11.9. The van der Waals surface area contributed by atoms with Crippen LogP contribution in [0.1, 0.15) is 10.4 Å². The third-order valence-electron chi connectivity index (χ3n) is 5.99. The van der Waals surface area contributed by atoms with Crippen molar-refractivity contribution in [1.82, 2.24) is 25.3 Å². The van der Waals surface area contributed by atoms with Gasteiger partial charge >= 0.3 is 51.4 Å². The Morgan fingerprint density at radius 3 is 2.49 bits per heavy atom. The minimum atomic E-state index is -1.40. The van der Waals surface area contributed by atoms with E-state index >= 15 is 0 Å². The number of hydrogen-bond donors (Lipinski definition) is 3. The summed E-state index contributed by atoms with van der Waals surface area (Å²) in [4.78, 5) is 43.2. The van der Waals surface area contributed by atoms with Gasteiger partial charge in [0.2, 0.25) is 5.95 Å². The van der Waals surface area contributed by atoms with Crippen molar-refractivity contribution in [1.29, 1.82) is 0 Å². The number of fused-ring (bicyclic) bond motifs is 1. The Balaban J connectivity index is 0.00000353. The molecule has 0 spiro atoms. The van der Waals surface area contributed by atoms with Crippen molar-refractivity contribution < 1.29 is 66.1 Å². The van der Waals surface area contributed by atoms with Gasteiger partial charge in [0.1, 0.15) is 5.82 Å². The van der Waals surface area contributed by atoms with Crippen LogP contribution in [-0.2, 0) is 4.79 Å². The van der Waals surface area contributed by atoms with E-state index in [-0.39, 0.29) is 57.9 Å². The van der Waals surface area contributed by atoms with Gasteiger partial charge in [0.15, 0.2) is 0 Å². The van der Waals surface area contributed by atoms with Crippen molar-refractivity contribution in [2.24, 2.45) is 0 Å². The molecule has 0 aliphatic carbocycles. The maximum absolute atomic E-state index is 13.1. The first-order valence-corrected chi connectivity index (χ1v) is 11.9. The molecule has 5 aromatic rings. The van der Waals surface area contributed by atoms with Gasteiger partial charge in [-0.15, -0.1) is 0 Å². The summed E-state index contributed by atoms with van der Waals surface area (Å²) in [6, 6.07) is 22.1. The number of carboxylic acids is 1. The number of aromatic amines is 1. The van der Waals surface area contributed by atoms with Crippen molar-refractivity contribution in [3.05, 3.63) is 96.8 Å². The van der Waals surface area contributed by atoms with Crippen LogP contribution in [0.5, 0.6) is 0 Å². The quantitative estimate of drug-likeness (QED) is 0.216. The Hall–Kier alpha value is -3.61. The summed E-state index contributed by atoms with van der Waals surface area (Å²) in [5.74, 6) is -0.891. The van der Waals surface area contributed by atoms with E-state index in [1.165, 1.54) is 0 Å². The summed E-state index contributed by atoms with van der Waals surface area (Å²) >= 11 is 0. The average Bonchev–Trinajstić information content (AvgIpc) is 3.39. The third-order valence-corrected chi connectivity index (χ3v) is 5.99. The van der Waals surface area contributed by atoms with E-state index in [0.29, 0.717) is 23.0 Å². The number of carbonyl (C=O) groups is 2. The summed E-state index contributed by atoms with van der Waals surface area (Å²) < 4.78 is 0. The molecule has 5 rings (SSSR count). The van der Waals surface area contributed by atoms with E-state index in [9.17, 15) is 14.7 Å². The predicted molar refractivity (Wildman–Crippen MR) is 143 cm³/mol. The van der Waals surface area contributed by atoms with E-state index in [4.69, 9.17) is 0 Å². The predicted octanol–water partition coefficient (Wildman–Crippen LogP) is -0.248. The molecule has 10 nitrogen and oxygen atoms in total. The Morgan fingerprint density at radius 2 is 1.77 bits per heavy atom. The number of nitrogens with one attached hydrogen (secondary N) is 3. The fourth-order valence-corrected chi connectivity index (χ4v) is 4.10. The molecule has 11 heteroatoms. The second-order valence-corrected chi connectivity index (χ2v) is 8.48. The molecule has 0 aliphatic rings. The number of rotatable bonds is 9. The Bertz CT molecular complexity index is 1540. The number of aromatic nitrogens is 4. The van der Waals surface area contributed by atoms with Gasteiger partial charge in [-0.1, -0.05) is 24.3 Å². The van der Waals surface area contributed by atoms with Gasteiger partial charge in [-0.2, -0.15) is 0 Å². The third kappa shape index (κ3) is 6.70. The molecule has 39 heavy (non-hydrogen) atoms. The topological polar surface area (TPSA) is 139 Å². The van der Waals surface area contributed by atoms with Crippen molar-refractivity contribution >= 4 is 40.2 Å². The number of carboxylic acid groups (broad SMARTS) is 1. The van der Waals surface area contributed by atoms with Gasteiger partial charge in [-0.05, 0) is 54.6 Å². The maximum Gasteiger partial charge on any atom is 1.00 e. The molecule has 3 N–H and O–H groups in total. The van der Waals surface area contributed by atoms with Crippen LogP contribution in [0.2, 0.25) is 0 Å². The first-order chi connectivity index (χ1) is 18.5. The molecule has 1 atom stereocenters. The first kappa shape index (κ1) is 28.4. The maximum atomic E-state index is 13.1. The fourth-order valence-electron chi connectivity index (χ4n) is 4.10. The standard InChI is InChI=1S/C28H25N7O3.K/c1-29-28-31-14-12-22(34-28)23-16-19-15-18(10-11-21(19)32-23)26(36)33-24(27(37)38)17-35(20-7-3-2-4-8-20)25-9-5-6-13-30-25;/h2-16,24,32H,17H2,1H3,(H,33,36)(H,37,38)(H,29,31,34);/q;+1/p-1/t24-;/m0./s1. The number of carbonyl (C=O) groups excluding carboxylic acids is 2. The van der Waals surface area contributed by atoms with Crippen LogP contribution < -0.4 is 72.0 Å². The van der Waals surface area contributed by atoms with E-state index in [1.54, 1.807) is 60.7 Å². The van der Waals surface area contributed by atoms with E-state index in [0.717, 1.165) is 22.3 Å². The van der Waals surface area contributed by atoms with Gasteiger partial charge in [0.05, 0.1) is 29.9 Å². The minimum Gasteiger partial charge on any atom is -0.548 e. The molecular formula is C28H24KN7O3. The summed E-state index contributed by atoms with van der Waals surface area (Å²) in [6.07, 6.45) is 3.28. The molecule has 0 saturated carbocycles. The van der Waals surface area contributed by atoms with Crippen LogP contribution in [0.3, 0.4) is 0 Å². The van der Waals surface area contributed by atoms with Crippen molar-refractivity contribution in [2.75, 3.05) is 23.8 Å². The normalized spacial score (nSPS) is 11.3. The van der Waals surface area contributed by atoms with E-state index < -0.39 is 17.9 Å². The zero-order valence-electron chi connectivity index (χ0n) is 21.5. The molecule has 190 valence electrons. The molecule has 3 aromatic heterocycles. The summed E-state index contributed by atoms with van der Waals surface area (Å²) in [7, 11) is 1.74. The number of benzene rings is 2. The number of aliphatic carboxylic acids is 1. The van der Waals surface area contributed by atoms with Crippen molar-refractivity contribution in [3.63, 3.8) is 0 Å². The van der Waals surface area contributed by atoms with Crippen molar-refractivity contribution in [2.45, 2.75) is 6.04 Å². The van der Waals surface area contributed by atoms with Crippen LogP contribution in [0, 0.1) is 0 Å². The zero-order valence-corrected chi connectivity index (χ0v) is 24.6. The number of nitrogens with zero attached hydrogens (tertiary/aromatic N) is 4. The monoisotopic (exact) mass is 545 g/mol. The molecule has 0 fully saturated rings. The number of H-pyrrole nitrogens is 1. The second kappa shape index (κ2) is 13.0. The average molecular weight is 546 g/mol.